The molecule has 0 fully saturated rings. The average molecular weight is 761 g/mol. The molecule has 2 aromatic carbocycles. The van der Waals surface area contributed by atoms with Crippen LogP contribution in [0.5, 0.6) is 5.75 Å². The van der Waals surface area contributed by atoms with Crippen LogP contribution in [-0.2, 0) is 24.1 Å². The Morgan fingerprint density at radius 2 is 1.80 bits per heavy atom. The van der Waals surface area contributed by atoms with Gasteiger partial charge in [-0.05, 0) is 105 Å². The summed E-state index contributed by atoms with van der Waals surface area (Å²) in [5.41, 5.74) is 4.71. The molecule has 304 valence electrons. The fourth-order valence-electron chi connectivity index (χ4n) is 7.63. The highest BCUT2D eigenvalue weighted by molar-refractivity contribution is 5.66. The molecule has 55 heavy (non-hydrogen) atoms. The summed E-state index contributed by atoms with van der Waals surface area (Å²) >= 11 is 0. The van der Waals surface area contributed by atoms with Gasteiger partial charge in [-0.15, -0.1) is 0 Å². The van der Waals surface area contributed by atoms with E-state index in [-0.39, 0.29) is 30.7 Å². The van der Waals surface area contributed by atoms with Crippen LogP contribution < -0.4 is 10.6 Å². The molecule has 0 aliphatic carbocycles. The van der Waals surface area contributed by atoms with E-state index in [2.05, 4.69) is 54.5 Å². The second kappa shape index (κ2) is 24.2. The highest BCUT2D eigenvalue weighted by atomic mass is 16.4. The number of allylic oxidation sites excluding steroid dienone is 2. The molecular weight excluding hydrogens is 693 g/mol. The number of unbranched alkanes of at least 4 members (excludes halogenated alkanes) is 2. The second-order valence-electron chi connectivity index (χ2n) is 15.4. The summed E-state index contributed by atoms with van der Waals surface area (Å²) in [5.74, 6) is 6.25. The molecule has 9 nitrogen and oxygen atoms in total. The minimum Gasteiger partial charge on any atom is -0.508 e. The van der Waals surface area contributed by atoms with Gasteiger partial charge in [-0.25, -0.2) is 0 Å². The van der Waals surface area contributed by atoms with Crippen molar-refractivity contribution in [1.29, 1.82) is 0 Å². The molecule has 0 aromatic heterocycles. The first-order valence-corrected chi connectivity index (χ1v) is 20.6. The number of benzene rings is 2. The van der Waals surface area contributed by atoms with Gasteiger partial charge in [0, 0.05) is 43.0 Å². The van der Waals surface area contributed by atoms with E-state index in [4.69, 9.17) is 0 Å². The van der Waals surface area contributed by atoms with Crippen LogP contribution in [0.25, 0.3) is 0 Å². The first-order chi connectivity index (χ1) is 26.4. The minimum absolute atomic E-state index is 0.0176. The highest BCUT2D eigenvalue weighted by Crippen LogP contribution is 2.30. The number of fused-ring (bicyclic) bond motifs is 1. The van der Waals surface area contributed by atoms with Crippen molar-refractivity contribution in [2.75, 3.05) is 13.2 Å². The van der Waals surface area contributed by atoms with Crippen LogP contribution in [-0.4, -0.2) is 85.7 Å². The molecule has 0 saturated heterocycles. The number of carboxylic acid groups (broad SMARTS) is 1. The smallest absolute Gasteiger partial charge is 0.303 e. The van der Waals surface area contributed by atoms with Crippen LogP contribution in [0.1, 0.15) is 127 Å². The van der Waals surface area contributed by atoms with Crippen molar-refractivity contribution in [3.05, 3.63) is 88.0 Å². The largest absolute Gasteiger partial charge is 0.508 e. The fourth-order valence-corrected chi connectivity index (χ4v) is 7.63. The zero-order valence-electron chi connectivity index (χ0n) is 33.7. The van der Waals surface area contributed by atoms with E-state index in [1.807, 2.05) is 31.2 Å². The number of aliphatic hydroxyl groups is 4. The van der Waals surface area contributed by atoms with Gasteiger partial charge >= 0.3 is 5.97 Å². The number of hydrogen-bond acceptors (Lipinski definition) is 8. The van der Waals surface area contributed by atoms with E-state index in [0.29, 0.717) is 44.9 Å². The number of aromatic hydroxyl groups is 1. The van der Waals surface area contributed by atoms with Crippen molar-refractivity contribution >= 4 is 5.97 Å². The van der Waals surface area contributed by atoms with E-state index >= 15 is 0 Å². The summed E-state index contributed by atoms with van der Waals surface area (Å²) in [6.45, 7) is 8.38. The summed E-state index contributed by atoms with van der Waals surface area (Å²) in [5, 5.41) is 71.2. The van der Waals surface area contributed by atoms with Crippen molar-refractivity contribution in [2.24, 2.45) is 0 Å². The van der Waals surface area contributed by atoms with Gasteiger partial charge in [0.05, 0.1) is 24.4 Å². The van der Waals surface area contributed by atoms with Crippen molar-refractivity contribution in [2.45, 2.75) is 160 Å². The number of carbonyl (C=O) groups is 1. The predicted molar refractivity (Wildman–Crippen MR) is 221 cm³/mol. The number of rotatable bonds is 22. The van der Waals surface area contributed by atoms with E-state index in [9.17, 15) is 35.4 Å². The van der Waals surface area contributed by atoms with Crippen molar-refractivity contribution < 1.29 is 35.4 Å². The lowest BCUT2D eigenvalue weighted by atomic mass is 9.83. The van der Waals surface area contributed by atoms with Crippen molar-refractivity contribution in [1.82, 2.24) is 10.6 Å². The van der Waals surface area contributed by atoms with Gasteiger partial charge in [0.15, 0.2) is 0 Å². The second-order valence-corrected chi connectivity index (χ2v) is 15.4. The molecule has 0 bridgehead atoms. The first-order valence-electron chi connectivity index (χ1n) is 20.6. The van der Waals surface area contributed by atoms with E-state index < -0.39 is 36.4 Å². The van der Waals surface area contributed by atoms with E-state index in [1.165, 1.54) is 0 Å². The number of aliphatic carboxylic acids is 1. The number of carboxylic acids is 1. The monoisotopic (exact) mass is 761 g/mol. The first kappa shape index (κ1) is 45.9. The van der Waals surface area contributed by atoms with Crippen LogP contribution in [0.15, 0.2) is 65.8 Å². The molecule has 6 atom stereocenters. The summed E-state index contributed by atoms with van der Waals surface area (Å²) in [4.78, 5) is 11.4. The van der Waals surface area contributed by atoms with Crippen molar-refractivity contribution in [3.63, 3.8) is 0 Å². The topological polar surface area (TPSA) is 163 Å². The lowest BCUT2D eigenvalue weighted by Crippen LogP contribution is -2.54. The minimum atomic E-state index is -1.29. The zero-order chi connectivity index (χ0) is 40.2. The fraction of sp³-hybridized carbons (Fsp3) is 0.587. The molecule has 1 aliphatic rings. The maximum absolute atomic E-state index is 12.3. The lowest BCUT2D eigenvalue weighted by molar-refractivity contribution is -0.137. The van der Waals surface area contributed by atoms with Gasteiger partial charge in [0.1, 0.15) is 5.75 Å². The molecule has 1 heterocycles. The van der Waals surface area contributed by atoms with Crippen LogP contribution in [0, 0.1) is 11.8 Å². The van der Waals surface area contributed by atoms with Crippen LogP contribution in [0.2, 0.25) is 0 Å². The van der Waals surface area contributed by atoms with Crippen LogP contribution in [0.3, 0.4) is 0 Å². The number of phenolic OH excluding ortho intramolecular Hbond substituents is 1. The normalized spacial score (nSPS) is 19.3. The van der Waals surface area contributed by atoms with Gasteiger partial charge in [0.2, 0.25) is 0 Å². The Morgan fingerprint density at radius 1 is 1.04 bits per heavy atom. The number of nitrogens with one attached hydrogen (secondary N) is 2. The molecule has 2 aromatic rings. The van der Waals surface area contributed by atoms with E-state index in [1.54, 1.807) is 19.1 Å². The molecule has 0 spiro atoms. The van der Waals surface area contributed by atoms with Gasteiger partial charge in [-0.3, -0.25) is 4.79 Å². The zero-order valence-corrected chi connectivity index (χ0v) is 33.7. The molecule has 0 saturated carbocycles. The third kappa shape index (κ3) is 15.9. The number of aliphatic hydroxyl groups excluding tert-OH is 3. The Hall–Kier alpha value is -3.49. The molecule has 9 heteroatoms. The number of aryl methyl sites for hydroxylation is 2. The SMILES string of the molecule is CCCCCC(O)C=CC1=C(CC(O)CO)C(CCCC(CCC(=O)O)NCC)NC(C(C)(O)Cc2ccc(O)cc2)CC#Cc2c(CC)cccc2CC1. The Balaban J connectivity index is 2.21. The Morgan fingerprint density at radius 3 is 2.47 bits per heavy atom. The third-order valence-corrected chi connectivity index (χ3v) is 10.8. The van der Waals surface area contributed by atoms with Gasteiger partial charge < -0.3 is 41.3 Å². The highest BCUT2D eigenvalue weighted by Gasteiger charge is 2.35. The van der Waals surface area contributed by atoms with Crippen LogP contribution >= 0.6 is 0 Å². The standard InChI is InChI=1S/C46H68N2O7/c1-5-8-9-16-38(50)28-24-36-23-22-35-14-10-13-34(6-2)41(35)17-12-19-44(46(4,55)31-33-20-26-39(51)27-21-33)48-43(42(36)30-40(52)32-49)18-11-15-37(47-7-3)25-29-45(53)54/h10,13-14,20-21,24,26-28,37-38,40,43-44,47-52,55H,5-9,11,15-16,18-19,22-23,25,29-32H2,1-4H3,(H,53,54). The summed E-state index contributed by atoms with van der Waals surface area (Å²) in [6, 6.07) is 12.3. The molecule has 3 rings (SSSR count). The molecule has 1 aliphatic heterocycles. The molecule has 0 amide bonds. The molecule has 8 N–H and O–H groups in total. The Labute approximate surface area is 330 Å². The van der Waals surface area contributed by atoms with Crippen LogP contribution in [0.4, 0.5) is 0 Å². The number of phenols is 1. The maximum Gasteiger partial charge on any atom is 0.303 e. The summed E-state index contributed by atoms with van der Waals surface area (Å²) in [7, 11) is 0. The maximum atomic E-state index is 12.3. The predicted octanol–water partition coefficient (Wildman–Crippen LogP) is 6.51. The molecule has 0 radical (unpaired) electrons. The van der Waals surface area contributed by atoms with Gasteiger partial charge in [-0.1, -0.05) is 101 Å². The summed E-state index contributed by atoms with van der Waals surface area (Å²) in [6.07, 6.45) is 11.5. The Kier molecular flexibility index (Phi) is 20.2. The molecular formula is C46H68N2O7. The Bertz CT molecular complexity index is 1570. The van der Waals surface area contributed by atoms with E-state index in [0.717, 1.165) is 78.5 Å². The third-order valence-electron chi connectivity index (χ3n) is 10.8. The quantitative estimate of drug-likeness (QED) is 0.0494. The van der Waals surface area contributed by atoms with Gasteiger partial charge in [0.25, 0.3) is 0 Å². The van der Waals surface area contributed by atoms with Gasteiger partial charge in [-0.2, -0.15) is 0 Å². The summed E-state index contributed by atoms with van der Waals surface area (Å²) < 4.78 is 0. The lowest BCUT2D eigenvalue weighted by Gasteiger charge is -2.38. The molecule has 6 unspecified atom stereocenters. The average Bonchev–Trinajstić information content (AvgIpc) is 3.15. The van der Waals surface area contributed by atoms with Crippen molar-refractivity contribution in [3.8, 4) is 17.6 Å². The number of hydrogen-bond donors (Lipinski definition) is 8.